The molecule has 2 nitrogen and oxygen atoms in total. The second-order valence-corrected chi connectivity index (χ2v) is 6.82. The Morgan fingerprint density at radius 3 is 2.80 bits per heavy atom. The van der Waals surface area contributed by atoms with Crippen molar-refractivity contribution in [3.63, 3.8) is 0 Å². The summed E-state index contributed by atoms with van der Waals surface area (Å²) in [6.45, 7) is 8.24. The minimum absolute atomic E-state index is 0.296. The molecule has 2 rings (SSSR count). The standard InChI is InChI=1S/C18H29NO/c1-4-14(10-12-20)13-19-17-16-8-6-5-7-15(16)9-11-18(17,2)3/h5-8,14,17,19-20H,4,9-13H2,1-3H3. The normalized spacial score (nSPS) is 22.3. The molecule has 1 aromatic rings. The summed E-state index contributed by atoms with van der Waals surface area (Å²) in [6.07, 6.45) is 4.45. The van der Waals surface area contributed by atoms with Crippen molar-refractivity contribution in [2.45, 2.75) is 52.5 Å². The maximum absolute atomic E-state index is 9.14. The lowest BCUT2D eigenvalue weighted by Crippen LogP contribution is -2.40. The maximum Gasteiger partial charge on any atom is 0.0434 e. The molecule has 20 heavy (non-hydrogen) atoms. The van der Waals surface area contributed by atoms with E-state index in [1.54, 1.807) is 0 Å². The zero-order chi connectivity index (χ0) is 14.6. The van der Waals surface area contributed by atoms with Gasteiger partial charge in [0.05, 0.1) is 0 Å². The third kappa shape index (κ3) is 3.42. The van der Waals surface area contributed by atoms with Crippen LogP contribution < -0.4 is 5.32 Å². The van der Waals surface area contributed by atoms with Gasteiger partial charge in [-0.05, 0) is 48.3 Å². The lowest BCUT2D eigenvalue weighted by atomic mass is 9.70. The molecule has 0 bridgehead atoms. The third-order valence-corrected chi connectivity index (χ3v) is 4.91. The summed E-state index contributed by atoms with van der Waals surface area (Å²) in [5.41, 5.74) is 3.27. The molecular weight excluding hydrogens is 246 g/mol. The summed E-state index contributed by atoms with van der Waals surface area (Å²) in [5, 5.41) is 12.9. The minimum Gasteiger partial charge on any atom is -0.396 e. The summed E-state index contributed by atoms with van der Waals surface area (Å²) in [4.78, 5) is 0. The quantitative estimate of drug-likeness (QED) is 0.829. The molecule has 0 amide bonds. The molecule has 0 saturated carbocycles. The van der Waals surface area contributed by atoms with Crippen molar-refractivity contribution >= 4 is 0 Å². The molecule has 0 aliphatic heterocycles. The second kappa shape index (κ2) is 6.73. The van der Waals surface area contributed by atoms with Gasteiger partial charge in [0.1, 0.15) is 0 Å². The molecule has 2 unspecified atom stereocenters. The first-order valence-corrected chi connectivity index (χ1v) is 8.00. The molecule has 1 aliphatic carbocycles. The van der Waals surface area contributed by atoms with Crippen LogP contribution in [0.5, 0.6) is 0 Å². The average molecular weight is 275 g/mol. The number of aryl methyl sites for hydroxylation is 1. The SMILES string of the molecule is CCC(CCO)CNC1c2ccccc2CCC1(C)C. The molecule has 1 aromatic carbocycles. The predicted octanol–water partition coefficient (Wildman–Crippen LogP) is 3.70. The van der Waals surface area contributed by atoms with Gasteiger partial charge in [0, 0.05) is 12.6 Å². The van der Waals surface area contributed by atoms with Gasteiger partial charge in [-0.15, -0.1) is 0 Å². The van der Waals surface area contributed by atoms with Crippen molar-refractivity contribution in [3.8, 4) is 0 Å². The van der Waals surface area contributed by atoms with Gasteiger partial charge >= 0.3 is 0 Å². The van der Waals surface area contributed by atoms with Crippen molar-refractivity contribution in [1.82, 2.24) is 5.32 Å². The van der Waals surface area contributed by atoms with E-state index in [2.05, 4.69) is 50.4 Å². The Morgan fingerprint density at radius 2 is 2.10 bits per heavy atom. The van der Waals surface area contributed by atoms with Gasteiger partial charge in [-0.1, -0.05) is 51.5 Å². The number of nitrogens with one attached hydrogen (secondary N) is 1. The van der Waals surface area contributed by atoms with E-state index in [-0.39, 0.29) is 0 Å². The molecule has 0 heterocycles. The van der Waals surface area contributed by atoms with Gasteiger partial charge in [0.25, 0.3) is 0 Å². The zero-order valence-electron chi connectivity index (χ0n) is 13.2. The van der Waals surface area contributed by atoms with Gasteiger partial charge < -0.3 is 10.4 Å². The number of aliphatic hydroxyl groups excluding tert-OH is 1. The van der Waals surface area contributed by atoms with Crippen LogP contribution in [0.15, 0.2) is 24.3 Å². The number of hydrogen-bond acceptors (Lipinski definition) is 2. The van der Waals surface area contributed by atoms with Crippen LogP contribution in [0.2, 0.25) is 0 Å². The Morgan fingerprint density at radius 1 is 1.35 bits per heavy atom. The number of benzene rings is 1. The van der Waals surface area contributed by atoms with Crippen LogP contribution in [0.1, 0.15) is 57.2 Å². The fourth-order valence-electron chi connectivity index (χ4n) is 3.37. The number of hydrogen-bond donors (Lipinski definition) is 2. The van der Waals surface area contributed by atoms with E-state index in [1.807, 2.05) is 0 Å². The molecule has 0 radical (unpaired) electrons. The zero-order valence-corrected chi connectivity index (χ0v) is 13.2. The monoisotopic (exact) mass is 275 g/mol. The Bertz CT molecular complexity index is 427. The van der Waals surface area contributed by atoms with Gasteiger partial charge in [-0.25, -0.2) is 0 Å². The Labute approximate surface area is 123 Å². The van der Waals surface area contributed by atoms with Crippen LogP contribution in [0.4, 0.5) is 0 Å². The Balaban J connectivity index is 2.11. The molecule has 1 aliphatic rings. The molecule has 2 N–H and O–H groups in total. The predicted molar refractivity (Wildman–Crippen MR) is 84.8 cm³/mol. The van der Waals surface area contributed by atoms with E-state index >= 15 is 0 Å². The number of rotatable bonds is 6. The van der Waals surface area contributed by atoms with Gasteiger partial charge in [0.15, 0.2) is 0 Å². The first kappa shape index (κ1) is 15.5. The van der Waals surface area contributed by atoms with Crippen molar-refractivity contribution in [2.75, 3.05) is 13.2 Å². The van der Waals surface area contributed by atoms with Crippen LogP contribution in [0.25, 0.3) is 0 Å². The van der Waals surface area contributed by atoms with Crippen LogP contribution in [0, 0.1) is 11.3 Å². The highest BCUT2D eigenvalue weighted by atomic mass is 16.3. The van der Waals surface area contributed by atoms with E-state index in [4.69, 9.17) is 5.11 Å². The summed E-state index contributed by atoms with van der Waals surface area (Å²) in [7, 11) is 0. The van der Waals surface area contributed by atoms with Gasteiger partial charge in [0.2, 0.25) is 0 Å². The lowest BCUT2D eigenvalue weighted by Gasteiger charge is -2.41. The minimum atomic E-state index is 0.296. The van der Waals surface area contributed by atoms with E-state index in [0.717, 1.165) is 19.4 Å². The second-order valence-electron chi connectivity index (χ2n) is 6.82. The average Bonchev–Trinajstić information content (AvgIpc) is 2.44. The summed E-state index contributed by atoms with van der Waals surface area (Å²) in [6, 6.07) is 9.28. The van der Waals surface area contributed by atoms with Crippen molar-refractivity contribution < 1.29 is 5.11 Å². The largest absolute Gasteiger partial charge is 0.396 e. The summed E-state index contributed by atoms with van der Waals surface area (Å²) in [5.74, 6) is 0.574. The highest BCUT2D eigenvalue weighted by molar-refractivity contribution is 5.34. The van der Waals surface area contributed by atoms with E-state index < -0.39 is 0 Å². The van der Waals surface area contributed by atoms with Crippen molar-refractivity contribution in [1.29, 1.82) is 0 Å². The molecular formula is C18H29NO. The van der Waals surface area contributed by atoms with Crippen LogP contribution in [-0.2, 0) is 6.42 Å². The first-order chi connectivity index (χ1) is 9.58. The molecule has 112 valence electrons. The third-order valence-electron chi connectivity index (χ3n) is 4.91. The molecule has 0 spiro atoms. The molecule has 2 heteroatoms. The summed E-state index contributed by atoms with van der Waals surface area (Å²) < 4.78 is 0. The number of fused-ring (bicyclic) bond motifs is 1. The molecule has 0 aromatic heterocycles. The van der Waals surface area contributed by atoms with Crippen LogP contribution >= 0.6 is 0 Å². The van der Waals surface area contributed by atoms with Gasteiger partial charge in [-0.2, -0.15) is 0 Å². The van der Waals surface area contributed by atoms with E-state index in [9.17, 15) is 0 Å². The van der Waals surface area contributed by atoms with Crippen LogP contribution in [-0.4, -0.2) is 18.3 Å². The van der Waals surface area contributed by atoms with Crippen molar-refractivity contribution in [2.24, 2.45) is 11.3 Å². The van der Waals surface area contributed by atoms with Crippen LogP contribution in [0.3, 0.4) is 0 Å². The molecule has 0 fully saturated rings. The Kier molecular flexibility index (Phi) is 5.22. The lowest BCUT2D eigenvalue weighted by molar-refractivity contribution is 0.191. The Hall–Kier alpha value is -0.860. The maximum atomic E-state index is 9.14. The highest BCUT2D eigenvalue weighted by Crippen LogP contribution is 2.43. The fourth-order valence-corrected chi connectivity index (χ4v) is 3.37. The summed E-state index contributed by atoms with van der Waals surface area (Å²) >= 11 is 0. The molecule has 2 atom stereocenters. The topological polar surface area (TPSA) is 32.3 Å². The van der Waals surface area contributed by atoms with Gasteiger partial charge in [-0.3, -0.25) is 0 Å². The smallest absolute Gasteiger partial charge is 0.0434 e. The molecule has 0 saturated heterocycles. The number of aliphatic hydroxyl groups is 1. The fraction of sp³-hybridized carbons (Fsp3) is 0.667. The van der Waals surface area contributed by atoms with E-state index in [1.165, 1.54) is 24.0 Å². The van der Waals surface area contributed by atoms with E-state index in [0.29, 0.717) is 24.0 Å². The first-order valence-electron chi connectivity index (χ1n) is 8.00. The van der Waals surface area contributed by atoms with Crippen molar-refractivity contribution in [3.05, 3.63) is 35.4 Å². The highest BCUT2D eigenvalue weighted by Gasteiger charge is 2.35.